The lowest BCUT2D eigenvalue weighted by Gasteiger charge is -2.08. The predicted molar refractivity (Wildman–Crippen MR) is 111 cm³/mol. The summed E-state index contributed by atoms with van der Waals surface area (Å²) >= 11 is 3.49. The molecule has 3 heteroatoms. The Morgan fingerprint density at radius 3 is 2.12 bits per heavy atom. The first-order valence-corrected chi connectivity index (χ1v) is 9.33. The first-order chi connectivity index (χ1) is 12.6. The largest absolute Gasteiger partial charge is 0.313 e. The van der Waals surface area contributed by atoms with E-state index in [1.807, 2.05) is 43.3 Å². The van der Waals surface area contributed by atoms with Crippen molar-refractivity contribution in [3.8, 4) is 16.8 Å². The van der Waals surface area contributed by atoms with E-state index >= 15 is 0 Å². The van der Waals surface area contributed by atoms with Crippen molar-refractivity contribution in [1.29, 1.82) is 0 Å². The van der Waals surface area contributed by atoms with Crippen LogP contribution >= 0.6 is 15.9 Å². The second-order valence-electron chi connectivity index (χ2n) is 6.43. The van der Waals surface area contributed by atoms with Gasteiger partial charge in [-0.15, -0.1) is 0 Å². The van der Waals surface area contributed by atoms with Crippen molar-refractivity contribution >= 4 is 32.6 Å². The van der Waals surface area contributed by atoms with E-state index in [0.717, 1.165) is 32.3 Å². The maximum Gasteiger partial charge on any atom is 0.162 e. The smallest absolute Gasteiger partial charge is 0.162 e. The molecule has 0 unspecified atom stereocenters. The first-order valence-electron chi connectivity index (χ1n) is 8.53. The molecule has 0 saturated carbocycles. The summed E-state index contributed by atoms with van der Waals surface area (Å²) in [6.45, 7) is 3.62. The summed E-state index contributed by atoms with van der Waals surface area (Å²) in [5.41, 5.74) is 6.76. The van der Waals surface area contributed by atoms with Gasteiger partial charge in [0.05, 0.1) is 5.52 Å². The van der Waals surface area contributed by atoms with Crippen LogP contribution in [0.1, 0.15) is 23.0 Å². The third kappa shape index (κ3) is 2.99. The molecule has 2 aliphatic rings. The highest BCUT2D eigenvalue weighted by molar-refractivity contribution is 9.10. The Labute approximate surface area is 161 Å². The Morgan fingerprint density at radius 1 is 0.885 bits per heavy atom. The molecule has 1 heterocycles. The molecule has 1 aromatic heterocycles. The van der Waals surface area contributed by atoms with Crippen LogP contribution in [-0.2, 0) is 0 Å². The molecule has 0 atom stereocenters. The number of carbonyl (C=O) groups excluding carboxylic acids is 1. The van der Waals surface area contributed by atoms with Gasteiger partial charge in [-0.05, 0) is 61.4 Å². The summed E-state index contributed by atoms with van der Waals surface area (Å²) in [5.74, 6) is 0.0975. The standard InChI is InChI=1S/C17H14BrNO.C6H4/c1-11-17(12(2)20)15-10-13(18)8-9-16(15)19(11)14-6-4-3-5-7-14;1-2-5-4-6(5)3-1/h3-10H,1-2H3;1-4H. The second kappa shape index (κ2) is 6.58. The maximum atomic E-state index is 12.0. The molecular weight excluding hydrogens is 386 g/mol. The number of para-hydroxylation sites is 1. The Hall–Kier alpha value is -2.65. The molecule has 0 radical (unpaired) electrons. The maximum absolute atomic E-state index is 12.0. The van der Waals surface area contributed by atoms with Crippen molar-refractivity contribution in [3.63, 3.8) is 0 Å². The van der Waals surface area contributed by atoms with E-state index in [9.17, 15) is 4.79 Å². The SMILES string of the molecule is CC(=O)c1c(C)n(-c2ccccc2)c2ccc(Br)cc12.c1cc2cc-2c1. The number of carbonyl (C=O) groups is 1. The van der Waals surface area contributed by atoms with Crippen LogP contribution in [0.2, 0.25) is 0 Å². The third-order valence-corrected chi connectivity index (χ3v) is 5.14. The van der Waals surface area contributed by atoms with Gasteiger partial charge in [0.1, 0.15) is 0 Å². The summed E-state index contributed by atoms with van der Waals surface area (Å²) in [5, 5.41) is 0.994. The topological polar surface area (TPSA) is 22.0 Å². The molecule has 3 aromatic rings. The zero-order chi connectivity index (χ0) is 18.3. The minimum atomic E-state index is 0.0975. The van der Waals surface area contributed by atoms with Crippen LogP contribution in [0.25, 0.3) is 27.7 Å². The van der Waals surface area contributed by atoms with Crippen molar-refractivity contribution in [3.05, 3.63) is 88.5 Å². The van der Waals surface area contributed by atoms with Crippen LogP contribution in [-0.4, -0.2) is 10.4 Å². The van der Waals surface area contributed by atoms with E-state index in [2.05, 4.69) is 56.9 Å². The van der Waals surface area contributed by atoms with Crippen molar-refractivity contribution in [2.24, 2.45) is 0 Å². The number of Topliss-reactive ketones (excluding diaryl/α,β-unsaturated/α-hetero) is 1. The van der Waals surface area contributed by atoms with Gasteiger partial charge in [-0.1, -0.05) is 52.3 Å². The number of aromatic nitrogens is 1. The average Bonchev–Trinajstić information content (AvgIpc) is 3.10. The summed E-state index contributed by atoms with van der Waals surface area (Å²) in [4.78, 5) is 12.0. The molecule has 0 amide bonds. The molecule has 0 spiro atoms. The van der Waals surface area contributed by atoms with E-state index in [1.165, 1.54) is 11.1 Å². The summed E-state index contributed by atoms with van der Waals surface area (Å²) in [7, 11) is 0. The van der Waals surface area contributed by atoms with Gasteiger partial charge in [-0.2, -0.15) is 0 Å². The first kappa shape index (κ1) is 16.8. The van der Waals surface area contributed by atoms with Crippen LogP contribution in [0.5, 0.6) is 0 Å². The Kier molecular flexibility index (Phi) is 4.25. The van der Waals surface area contributed by atoms with E-state index in [4.69, 9.17) is 0 Å². The van der Waals surface area contributed by atoms with Gasteiger partial charge in [-0.3, -0.25) is 4.79 Å². The van der Waals surface area contributed by atoms with E-state index in [-0.39, 0.29) is 5.78 Å². The predicted octanol–water partition coefficient (Wildman–Crippen LogP) is 6.57. The lowest BCUT2D eigenvalue weighted by Crippen LogP contribution is -1.99. The van der Waals surface area contributed by atoms with Crippen molar-refractivity contribution < 1.29 is 4.79 Å². The van der Waals surface area contributed by atoms with Gasteiger partial charge in [0.2, 0.25) is 0 Å². The molecule has 0 fully saturated rings. The van der Waals surface area contributed by atoms with Crippen molar-refractivity contribution in [1.82, 2.24) is 4.57 Å². The lowest BCUT2D eigenvalue weighted by molar-refractivity contribution is 0.101. The zero-order valence-corrected chi connectivity index (χ0v) is 16.2. The Balaban J connectivity index is 0.000000233. The second-order valence-corrected chi connectivity index (χ2v) is 7.35. The quantitative estimate of drug-likeness (QED) is 0.305. The highest BCUT2D eigenvalue weighted by Crippen LogP contribution is 2.33. The van der Waals surface area contributed by atoms with Gasteiger partial charge in [0.25, 0.3) is 0 Å². The van der Waals surface area contributed by atoms with Gasteiger partial charge in [-0.25, -0.2) is 0 Å². The Bertz CT molecular complexity index is 1110. The number of hydrogen-bond acceptors (Lipinski definition) is 1. The van der Waals surface area contributed by atoms with E-state index < -0.39 is 0 Å². The molecular formula is C23H18BrNO. The van der Waals surface area contributed by atoms with Crippen LogP contribution in [0, 0.1) is 6.92 Å². The van der Waals surface area contributed by atoms with Gasteiger partial charge in [0.15, 0.2) is 5.78 Å². The fourth-order valence-electron chi connectivity index (χ4n) is 3.42. The Morgan fingerprint density at radius 2 is 1.58 bits per heavy atom. The molecule has 0 aliphatic heterocycles. The fraction of sp³-hybridized carbons (Fsp3) is 0.0870. The molecule has 26 heavy (non-hydrogen) atoms. The summed E-state index contributed by atoms with van der Waals surface area (Å²) in [6, 6.07) is 24.7. The van der Waals surface area contributed by atoms with Crippen LogP contribution in [0.3, 0.4) is 0 Å². The molecule has 2 nitrogen and oxygen atoms in total. The number of nitrogens with zero attached hydrogens (tertiary/aromatic N) is 1. The van der Waals surface area contributed by atoms with Gasteiger partial charge >= 0.3 is 0 Å². The molecule has 0 saturated heterocycles. The number of fused-ring (bicyclic) bond motifs is 2. The minimum absolute atomic E-state index is 0.0975. The fourth-order valence-corrected chi connectivity index (χ4v) is 3.78. The lowest BCUT2D eigenvalue weighted by atomic mass is 10.1. The number of rotatable bonds is 2. The number of benzene rings is 3. The minimum Gasteiger partial charge on any atom is -0.313 e. The molecule has 0 bridgehead atoms. The van der Waals surface area contributed by atoms with Crippen LogP contribution in [0.4, 0.5) is 0 Å². The van der Waals surface area contributed by atoms with Crippen molar-refractivity contribution in [2.75, 3.05) is 0 Å². The van der Waals surface area contributed by atoms with Gasteiger partial charge < -0.3 is 4.57 Å². The highest BCUT2D eigenvalue weighted by Gasteiger charge is 2.18. The number of halogens is 1. The van der Waals surface area contributed by atoms with Crippen LogP contribution < -0.4 is 0 Å². The van der Waals surface area contributed by atoms with E-state index in [0.29, 0.717) is 0 Å². The summed E-state index contributed by atoms with van der Waals surface area (Å²) in [6.07, 6.45) is 0. The van der Waals surface area contributed by atoms with Crippen molar-refractivity contribution in [2.45, 2.75) is 13.8 Å². The molecule has 0 N–H and O–H groups in total. The average molecular weight is 404 g/mol. The molecule has 2 aliphatic carbocycles. The molecule has 5 rings (SSSR count). The van der Waals surface area contributed by atoms with E-state index in [1.54, 1.807) is 6.92 Å². The highest BCUT2D eigenvalue weighted by atomic mass is 79.9. The van der Waals surface area contributed by atoms with Crippen LogP contribution in [0.15, 0.2) is 77.3 Å². The summed E-state index contributed by atoms with van der Waals surface area (Å²) < 4.78 is 3.12. The third-order valence-electron chi connectivity index (χ3n) is 4.65. The zero-order valence-electron chi connectivity index (χ0n) is 14.7. The number of ketones is 1. The van der Waals surface area contributed by atoms with Gasteiger partial charge in [0, 0.05) is 26.8 Å². The number of hydrogen-bond donors (Lipinski definition) is 0. The monoisotopic (exact) mass is 403 g/mol. The normalized spacial score (nSPS) is 11.0. The molecule has 2 aromatic carbocycles. The molecule has 128 valence electrons.